The van der Waals surface area contributed by atoms with Gasteiger partial charge in [0.2, 0.25) is 0 Å². The number of rotatable bonds is 2. The van der Waals surface area contributed by atoms with Gasteiger partial charge in [0, 0.05) is 5.54 Å². The summed E-state index contributed by atoms with van der Waals surface area (Å²) in [7, 11) is 0. The molecule has 25 heavy (non-hydrogen) atoms. The van der Waals surface area contributed by atoms with Crippen LogP contribution >= 0.6 is 0 Å². The van der Waals surface area contributed by atoms with Gasteiger partial charge in [-0.3, -0.25) is 0 Å². The lowest BCUT2D eigenvalue weighted by Gasteiger charge is -2.49. The summed E-state index contributed by atoms with van der Waals surface area (Å²) in [6, 6.07) is 10.3. The van der Waals surface area contributed by atoms with Crippen LogP contribution in [-0.2, 0) is 20.0 Å². The zero-order valence-corrected chi connectivity index (χ0v) is 15.7. The molecule has 0 spiro atoms. The van der Waals surface area contributed by atoms with Crippen molar-refractivity contribution in [3.05, 3.63) is 35.9 Å². The van der Waals surface area contributed by atoms with Crippen molar-refractivity contribution >= 4 is 5.97 Å². The van der Waals surface area contributed by atoms with Crippen molar-refractivity contribution in [2.75, 3.05) is 0 Å². The fraction of sp³-hybridized carbons (Fsp3) is 0.667. The van der Waals surface area contributed by atoms with E-state index in [1.807, 2.05) is 30.2 Å². The number of carbonyl (C=O) groups is 1. The van der Waals surface area contributed by atoms with Crippen molar-refractivity contribution < 1.29 is 14.4 Å². The van der Waals surface area contributed by atoms with Gasteiger partial charge in [0.15, 0.2) is 11.2 Å². The van der Waals surface area contributed by atoms with Crippen LogP contribution in [0.3, 0.4) is 0 Å². The van der Waals surface area contributed by atoms with E-state index in [-0.39, 0.29) is 17.6 Å². The summed E-state index contributed by atoms with van der Waals surface area (Å²) < 4.78 is 6.33. The maximum absolute atomic E-state index is 12.8. The predicted molar refractivity (Wildman–Crippen MR) is 95.7 cm³/mol. The second-order valence-corrected chi connectivity index (χ2v) is 8.96. The van der Waals surface area contributed by atoms with E-state index in [4.69, 9.17) is 9.57 Å². The minimum Gasteiger partial charge on any atom is -0.364 e. The standard InChI is InChI=1S/C21H29NO3/c1-19(2,3)22-17(15-11-7-5-8-12-15)21(16-13-9-6-10-14-16)20(4,25-21)18(23)24-22/h6,9-10,13-15,17H,5,7-8,11-12H2,1-4H3/t17-,20+,21-/m0/s1. The molecule has 1 aliphatic carbocycles. The van der Waals surface area contributed by atoms with E-state index in [9.17, 15) is 4.79 Å². The average molecular weight is 343 g/mol. The highest BCUT2D eigenvalue weighted by atomic mass is 16.8. The molecule has 1 aromatic carbocycles. The lowest BCUT2D eigenvalue weighted by molar-refractivity contribution is -0.260. The van der Waals surface area contributed by atoms with Gasteiger partial charge in [-0.25, -0.2) is 4.79 Å². The number of nitrogens with zero attached hydrogens (tertiary/aromatic N) is 1. The summed E-state index contributed by atoms with van der Waals surface area (Å²) in [6.07, 6.45) is 6.13. The van der Waals surface area contributed by atoms with Crippen molar-refractivity contribution in [2.24, 2.45) is 5.92 Å². The molecule has 2 saturated heterocycles. The number of hydrogen-bond donors (Lipinski definition) is 0. The SMILES string of the molecule is CC(C)(C)N1OC(=O)[C@@]2(C)O[C@@]2(c2ccccc2)[C@@H]1C1CCCCC1. The summed E-state index contributed by atoms with van der Waals surface area (Å²) in [5.74, 6) is 0.210. The summed E-state index contributed by atoms with van der Waals surface area (Å²) >= 11 is 0. The van der Waals surface area contributed by atoms with Crippen LogP contribution in [0.4, 0.5) is 0 Å². The minimum absolute atomic E-state index is 0.0536. The smallest absolute Gasteiger partial charge is 0.360 e. The highest BCUT2D eigenvalue weighted by Crippen LogP contribution is 2.65. The number of hydroxylamine groups is 2. The van der Waals surface area contributed by atoms with Gasteiger partial charge < -0.3 is 9.57 Å². The third-order valence-corrected chi connectivity index (χ3v) is 6.23. The van der Waals surface area contributed by atoms with Crippen LogP contribution < -0.4 is 0 Å². The molecule has 0 radical (unpaired) electrons. The van der Waals surface area contributed by atoms with Gasteiger partial charge in [0.05, 0.1) is 6.04 Å². The lowest BCUT2D eigenvalue weighted by atomic mass is 9.70. The van der Waals surface area contributed by atoms with Crippen molar-refractivity contribution in [1.29, 1.82) is 0 Å². The predicted octanol–water partition coefficient (Wildman–Crippen LogP) is 4.19. The highest BCUT2D eigenvalue weighted by molar-refractivity contribution is 5.86. The van der Waals surface area contributed by atoms with Crippen LogP contribution in [0.1, 0.15) is 65.4 Å². The van der Waals surface area contributed by atoms with Gasteiger partial charge in [0.1, 0.15) is 0 Å². The summed E-state index contributed by atoms with van der Waals surface area (Å²) in [4.78, 5) is 18.7. The van der Waals surface area contributed by atoms with E-state index >= 15 is 0 Å². The molecule has 3 fully saturated rings. The Labute approximate surface area is 150 Å². The normalized spacial score (nSPS) is 36.6. The van der Waals surface area contributed by atoms with Gasteiger partial charge in [-0.2, -0.15) is 0 Å². The zero-order chi connectivity index (χ0) is 17.9. The number of ether oxygens (including phenoxy) is 1. The fourth-order valence-electron chi connectivity index (χ4n) is 4.95. The van der Waals surface area contributed by atoms with Gasteiger partial charge >= 0.3 is 5.97 Å². The van der Waals surface area contributed by atoms with Crippen LogP contribution in [0.15, 0.2) is 30.3 Å². The summed E-state index contributed by atoms with van der Waals surface area (Å²) in [5, 5.41) is 1.95. The number of epoxide rings is 1. The molecule has 0 unspecified atom stereocenters. The monoisotopic (exact) mass is 343 g/mol. The molecule has 4 rings (SSSR count). The third-order valence-electron chi connectivity index (χ3n) is 6.23. The molecule has 0 N–H and O–H groups in total. The highest BCUT2D eigenvalue weighted by Gasteiger charge is 2.82. The van der Waals surface area contributed by atoms with Crippen molar-refractivity contribution in [3.8, 4) is 0 Å². The molecule has 2 aliphatic heterocycles. The molecule has 3 atom stereocenters. The van der Waals surface area contributed by atoms with E-state index in [0.29, 0.717) is 5.92 Å². The quantitative estimate of drug-likeness (QED) is 0.755. The molecular weight excluding hydrogens is 314 g/mol. The molecule has 1 saturated carbocycles. The Hall–Kier alpha value is -1.39. The topological polar surface area (TPSA) is 42.1 Å². The Morgan fingerprint density at radius 1 is 1.08 bits per heavy atom. The minimum atomic E-state index is -0.877. The van der Waals surface area contributed by atoms with Gasteiger partial charge in [-0.15, -0.1) is 5.06 Å². The lowest BCUT2D eigenvalue weighted by Crippen LogP contribution is -2.63. The fourth-order valence-corrected chi connectivity index (χ4v) is 4.95. The summed E-state index contributed by atoms with van der Waals surface area (Å²) in [5.41, 5.74) is -0.650. The van der Waals surface area contributed by atoms with E-state index in [0.717, 1.165) is 5.56 Å². The first kappa shape index (κ1) is 17.0. The molecule has 3 aliphatic rings. The van der Waals surface area contributed by atoms with Crippen molar-refractivity contribution in [3.63, 3.8) is 0 Å². The molecule has 1 aromatic rings. The van der Waals surface area contributed by atoms with Crippen LogP contribution in [-0.4, -0.2) is 28.2 Å². The first-order valence-corrected chi connectivity index (χ1v) is 9.58. The maximum Gasteiger partial charge on any atom is 0.360 e. The number of fused-ring (bicyclic) bond motifs is 1. The third kappa shape index (κ3) is 2.37. The molecule has 4 nitrogen and oxygen atoms in total. The molecule has 2 heterocycles. The summed E-state index contributed by atoms with van der Waals surface area (Å²) in [6.45, 7) is 8.23. The Morgan fingerprint density at radius 2 is 1.72 bits per heavy atom. The van der Waals surface area contributed by atoms with Gasteiger partial charge in [-0.05, 0) is 52.0 Å². The molecule has 0 aromatic heterocycles. The molecule has 4 heteroatoms. The van der Waals surface area contributed by atoms with Gasteiger partial charge in [-0.1, -0.05) is 49.6 Å². The second-order valence-electron chi connectivity index (χ2n) is 8.96. The second kappa shape index (κ2) is 5.55. The van der Waals surface area contributed by atoms with E-state index in [1.54, 1.807) is 0 Å². The van der Waals surface area contributed by atoms with Gasteiger partial charge in [0.25, 0.3) is 0 Å². The number of carbonyl (C=O) groups excluding carboxylic acids is 1. The molecule has 0 bridgehead atoms. The van der Waals surface area contributed by atoms with E-state index < -0.39 is 11.2 Å². The Kier molecular flexibility index (Phi) is 3.79. The van der Waals surface area contributed by atoms with Crippen molar-refractivity contribution in [1.82, 2.24) is 5.06 Å². The van der Waals surface area contributed by atoms with Crippen LogP contribution in [0, 0.1) is 5.92 Å². The first-order chi connectivity index (χ1) is 11.8. The molecular formula is C21H29NO3. The van der Waals surface area contributed by atoms with Crippen LogP contribution in [0.2, 0.25) is 0 Å². The largest absolute Gasteiger partial charge is 0.364 e. The van der Waals surface area contributed by atoms with E-state index in [1.165, 1.54) is 32.1 Å². The Morgan fingerprint density at radius 3 is 2.32 bits per heavy atom. The Balaban J connectivity index is 1.84. The molecule has 0 amide bonds. The number of benzene rings is 1. The number of hydrogen-bond acceptors (Lipinski definition) is 4. The Bertz CT molecular complexity index is 661. The maximum atomic E-state index is 12.8. The van der Waals surface area contributed by atoms with Crippen molar-refractivity contribution in [2.45, 2.75) is 82.6 Å². The first-order valence-electron chi connectivity index (χ1n) is 9.58. The molecule has 136 valence electrons. The van der Waals surface area contributed by atoms with E-state index in [2.05, 4.69) is 32.9 Å². The van der Waals surface area contributed by atoms with Crippen LogP contribution in [0.5, 0.6) is 0 Å². The van der Waals surface area contributed by atoms with Crippen LogP contribution in [0.25, 0.3) is 0 Å². The average Bonchev–Trinajstić information content (AvgIpc) is 3.25. The zero-order valence-electron chi connectivity index (χ0n) is 15.7.